The summed E-state index contributed by atoms with van der Waals surface area (Å²) in [5.74, 6) is -0.499. The predicted molar refractivity (Wildman–Crippen MR) is 82.5 cm³/mol. The highest BCUT2D eigenvalue weighted by molar-refractivity contribution is 5.93. The molecule has 6 heteroatoms. The van der Waals surface area contributed by atoms with Crippen molar-refractivity contribution in [1.29, 1.82) is 0 Å². The number of anilines is 1. The third kappa shape index (κ3) is 6.87. The van der Waals surface area contributed by atoms with Gasteiger partial charge in [0.25, 0.3) is 0 Å². The summed E-state index contributed by atoms with van der Waals surface area (Å²) in [6.45, 7) is 2.06. The largest absolute Gasteiger partial charge is 0.465 e. The number of methoxy groups -OCH3 is 1. The summed E-state index contributed by atoms with van der Waals surface area (Å²) in [6.07, 6.45) is 0.994. The van der Waals surface area contributed by atoms with Gasteiger partial charge in [-0.25, -0.2) is 4.79 Å². The predicted octanol–water partition coefficient (Wildman–Crippen LogP) is 0.953. The van der Waals surface area contributed by atoms with E-state index in [0.717, 1.165) is 19.5 Å². The molecule has 0 atom stereocenters. The van der Waals surface area contributed by atoms with E-state index in [1.54, 1.807) is 24.3 Å². The van der Waals surface area contributed by atoms with Gasteiger partial charge in [0.1, 0.15) is 0 Å². The van der Waals surface area contributed by atoms with Gasteiger partial charge < -0.3 is 20.3 Å². The van der Waals surface area contributed by atoms with Gasteiger partial charge in [0.05, 0.1) is 19.2 Å². The summed E-state index contributed by atoms with van der Waals surface area (Å²) >= 11 is 0. The lowest BCUT2D eigenvalue weighted by Gasteiger charge is -2.10. The highest BCUT2D eigenvalue weighted by atomic mass is 16.5. The number of hydrogen-bond donors (Lipinski definition) is 2. The Bertz CT molecular complexity index is 458. The van der Waals surface area contributed by atoms with Gasteiger partial charge in [0, 0.05) is 5.69 Å². The second-order valence-corrected chi connectivity index (χ2v) is 4.95. The monoisotopic (exact) mass is 293 g/mol. The molecule has 0 bridgehead atoms. The number of nitrogens with one attached hydrogen (secondary N) is 2. The van der Waals surface area contributed by atoms with Crippen molar-refractivity contribution in [2.75, 3.05) is 46.2 Å². The first-order valence-electron chi connectivity index (χ1n) is 6.86. The molecule has 1 rings (SSSR count). The molecule has 0 saturated carbocycles. The Morgan fingerprint density at radius 3 is 2.43 bits per heavy atom. The Morgan fingerprint density at radius 2 is 1.86 bits per heavy atom. The van der Waals surface area contributed by atoms with E-state index in [1.807, 2.05) is 14.1 Å². The van der Waals surface area contributed by atoms with Crippen LogP contribution in [-0.2, 0) is 9.53 Å². The normalized spacial score (nSPS) is 10.5. The summed E-state index contributed by atoms with van der Waals surface area (Å²) in [5, 5.41) is 5.85. The molecule has 0 aliphatic heterocycles. The highest BCUT2D eigenvalue weighted by Crippen LogP contribution is 2.10. The van der Waals surface area contributed by atoms with Crippen LogP contribution in [0.2, 0.25) is 0 Å². The van der Waals surface area contributed by atoms with Gasteiger partial charge in [-0.05, 0) is 57.9 Å². The standard InChI is InChI=1S/C15H23N3O3/c1-18(2)10-4-9-16-11-14(19)17-13-7-5-12(6-8-13)15(20)21-3/h5-8,16H,4,9-11H2,1-3H3,(H,17,19). The number of nitrogens with zero attached hydrogens (tertiary/aromatic N) is 1. The molecule has 1 amide bonds. The van der Waals surface area contributed by atoms with Crippen LogP contribution in [0.15, 0.2) is 24.3 Å². The van der Waals surface area contributed by atoms with Crippen LogP contribution in [0.1, 0.15) is 16.8 Å². The molecule has 1 aromatic rings. The minimum absolute atomic E-state index is 0.106. The third-order valence-corrected chi connectivity index (χ3v) is 2.83. The van der Waals surface area contributed by atoms with Crippen LogP contribution >= 0.6 is 0 Å². The zero-order chi connectivity index (χ0) is 15.7. The van der Waals surface area contributed by atoms with Crippen molar-refractivity contribution >= 4 is 17.6 Å². The van der Waals surface area contributed by atoms with Crippen molar-refractivity contribution in [2.45, 2.75) is 6.42 Å². The number of carbonyl (C=O) groups excluding carboxylic acids is 2. The van der Waals surface area contributed by atoms with Crippen molar-refractivity contribution in [3.8, 4) is 0 Å². The molecule has 0 aliphatic carbocycles. The molecule has 6 nitrogen and oxygen atoms in total. The molecule has 21 heavy (non-hydrogen) atoms. The van der Waals surface area contributed by atoms with E-state index in [2.05, 4.69) is 20.3 Å². The molecule has 0 unspecified atom stereocenters. The second-order valence-electron chi connectivity index (χ2n) is 4.95. The van der Waals surface area contributed by atoms with E-state index in [0.29, 0.717) is 11.3 Å². The first kappa shape index (κ1) is 17.1. The molecule has 0 aromatic heterocycles. The smallest absolute Gasteiger partial charge is 0.337 e. The van der Waals surface area contributed by atoms with E-state index in [-0.39, 0.29) is 12.5 Å². The summed E-state index contributed by atoms with van der Waals surface area (Å²) < 4.78 is 4.61. The fourth-order valence-electron chi connectivity index (χ4n) is 1.73. The fourth-order valence-corrected chi connectivity index (χ4v) is 1.73. The van der Waals surface area contributed by atoms with Crippen molar-refractivity contribution in [2.24, 2.45) is 0 Å². The van der Waals surface area contributed by atoms with Crippen molar-refractivity contribution < 1.29 is 14.3 Å². The molecule has 2 N–H and O–H groups in total. The van der Waals surface area contributed by atoms with Crippen LogP contribution in [0.4, 0.5) is 5.69 Å². The van der Waals surface area contributed by atoms with Gasteiger partial charge in [-0.2, -0.15) is 0 Å². The Kier molecular flexibility index (Phi) is 7.42. The van der Waals surface area contributed by atoms with E-state index in [1.165, 1.54) is 7.11 Å². The average molecular weight is 293 g/mol. The molecule has 0 aliphatic rings. The van der Waals surface area contributed by atoms with Gasteiger partial charge >= 0.3 is 5.97 Å². The fraction of sp³-hybridized carbons (Fsp3) is 0.467. The maximum absolute atomic E-state index is 11.7. The molecule has 1 aromatic carbocycles. The zero-order valence-corrected chi connectivity index (χ0v) is 12.8. The molecule has 0 heterocycles. The van der Waals surface area contributed by atoms with Crippen LogP contribution in [0.3, 0.4) is 0 Å². The Morgan fingerprint density at radius 1 is 1.19 bits per heavy atom. The van der Waals surface area contributed by atoms with E-state index < -0.39 is 5.97 Å². The van der Waals surface area contributed by atoms with Gasteiger partial charge in [-0.1, -0.05) is 0 Å². The Hall–Kier alpha value is -1.92. The zero-order valence-electron chi connectivity index (χ0n) is 12.8. The molecule has 0 radical (unpaired) electrons. The molecular formula is C15H23N3O3. The van der Waals surface area contributed by atoms with Gasteiger partial charge in [0.15, 0.2) is 0 Å². The maximum atomic E-state index is 11.7. The number of ether oxygens (including phenoxy) is 1. The van der Waals surface area contributed by atoms with E-state index in [9.17, 15) is 9.59 Å². The Labute approximate surface area is 125 Å². The van der Waals surface area contributed by atoms with Crippen LogP contribution in [0.5, 0.6) is 0 Å². The number of hydrogen-bond acceptors (Lipinski definition) is 5. The van der Waals surface area contributed by atoms with Crippen molar-refractivity contribution in [1.82, 2.24) is 10.2 Å². The number of benzene rings is 1. The molecule has 0 spiro atoms. The third-order valence-electron chi connectivity index (χ3n) is 2.83. The van der Waals surface area contributed by atoms with Crippen LogP contribution in [0, 0.1) is 0 Å². The average Bonchev–Trinajstić information content (AvgIpc) is 2.46. The SMILES string of the molecule is COC(=O)c1ccc(NC(=O)CNCCCN(C)C)cc1. The van der Waals surface area contributed by atoms with Gasteiger partial charge in [0.2, 0.25) is 5.91 Å². The lowest BCUT2D eigenvalue weighted by Crippen LogP contribution is -2.30. The molecule has 0 saturated heterocycles. The van der Waals surface area contributed by atoms with Crippen LogP contribution in [-0.4, -0.2) is 57.6 Å². The molecule has 0 fully saturated rings. The number of amides is 1. The summed E-state index contributed by atoms with van der Waals surface area (Å²) in [4.78, 5) is 25.1. The minimum atomic E-state index is -0.393. The number of carbonyl (C=O) groups is 2. The van der Waals surface area contributed by atoms with Crippen molar-refractivity contribution in [3.63, 3.8) is 0 Å². The van der Waals surface area contributed by atoms with E-state index in [4.69, 9.17) is 0 Å². The summed E-state index contributed by atoms with van der Waals surface area (Å²) in [5.41, 5.74) is 1.11. The number of esters is 1. The Balaban J connectivity index is 2.29. The topological polar surface area (TPSA) is 70.7 Å². The maximum Gasteiger partial charge on any atom is 0.337 e. The van der Waals surface area contributed by atoms with Gasteiger partial charge in [-0.3, -0.25) is 4.79 Å². The van der Waals surface area contributed by atoms with Crippen LogP contribution in [0.25, 0.3) is 0 Å². The van der Waals surface area contributed by atoms with Crippen molar-refractivity contribution in [3.05, 3.63) is 29.8 Å². The summed E-state index contributed by atoms with van der Waals surface area (Å²) in [7, 11) is 5.37. The van der Waals surface area contributed by atoms with E-state index >= 15 is 0 Å². The lowest BCUT2D eigenvalue weighted by atomic mass is 10.2. The van der Waals surface area contributed by atoms with Crippen LogP contribution < -0.4 is 10.6 Å². The highest BCUT2D eigenvalue weighted by Gasteiger charge is 2.06. The first-order chi connectivity index (χ1) is 10.0. The second kappa shape index (κ2) is 9.10. The quantitative estimate of drug-likeness (QED) is 0.552. The lowest BCUT2D eigenvalue weighted by molar-refractivity contribution is -0.115. The minimum Gasteiger partial charge on any atom is -0.465 e. The summed E-state index contributed by atoms with van der Waals surface area (Å²) in [6, 6.07) is 6.59. The molecule has 116 valence electrons. The first-order valence-corrected chi connectivity index (χ1v) is 6.86. The number of rotatable bonds is 8. The molecular weight excluding hydrogens is 270 g/mol. The van der Waals surface area contributed by atoms with Gasteiger partial charge in [-0.15, -0.1) is 0 Å².